The van der Waals surface area contributed by atoms with Crippen molar-refractivity contribution in [3.63, 3.8) is 0 Å². The van der Waals surface area contributed by atoms with E-state index in [0.717, 1.165) is 30.4 Å². The fraction of sp³-hybridized carbons (Fsp3) is 0.500. The Morgan fingerprint density at radius 2 is 2.11 bits per heavy atom. The maximum Gasteiger partial charge on any atom is 0.224 e. The number of carbonyl (C=O) groups excluding carboxylic acids is 1. The van der Waals surface area contributed by atoms with E-state index in [-0.39, 0.29) is 30.7 Å². The van der Waals surface area contributed by atoms with Gasteiger partial charge < -0.3 is 19.9 Å². The lowest BCUT2D eigenvalue weighted by molar-refractivity contribution is -0.117. The second-order valence-electron chi connectivity index (χ2n) is 7.10. The summed E-state index contributed by atoms with van der Waals surface area (Å²) in [7, 11) is 1.94. The average molecular weight is 429 g/mol. The number of aromatic nitrogens is 2. The van der Waals surface area contributed by atoms with Gasteiger partial charge in [-0.2, -0.15) is 0 Å². The second kappa shape index (κ2) is 11.9. The van der Waals surface area contributed by atoms with E-state index in [1.807, 2.05) is 42.1 Å². The monoisotopic (exact) mass is 428 g/mol. The number of rotatable bonds is 7. The fourth-order valence-electron chi connectivity index (χ4n) is 3.35. The van der Waals surface area contributed by atoms with E-state index in [0.29, 0.717) is 24.9 Å². The molecule has 1 aromatic carbocycles. The van der Waals surface area contributed by atoms with E-state index in [1.54, 1.807) is 6.20 Å². The zero-order valence-corrected chi connectivity index (χ0v) is 18.0. The van der Waals surface area contributed by atoms with Crippen LogP contribution in [0.1, 0.15) is 32.0 Å². The minimum Gasteiger partial charge on any atom is -0.486 e. The number of anilines is 1. The van der Waals surface area contributed by atoms with Crippen LogP contribution in [-0.4, -0.2) is 28.5 Å². The molecular weight excluding hydrogens is 399 g/mol. The van der Waals surface area contributed by atoms with Crippen LogP contribution in [0, 0.1) is 11.8 Å². The van der Waals surface area contributed by atoms with Crippen LogP contribution in [0.3, 0.4) is 0 Å². The Balaban J connectivity index is 0.00000196. The summed E-state index contributed by atoms with van der Waals surface area (Å²) in [6.07, 6.45) is 6.62. The molecule has 1 aromatic heterocycles. The largest absolute Gasteiger partial charge is 0.486 e. The fourth-order valence-corrected chi connectivity index (χ4v) is 3.35. The van der Waals surface area contributed by atoms with Crippen molar-refractivity contribution < 1.29 is 9.53 Å². The first-order valence-corrected chi connectivity index (χ1v) is 9.31. The van der Waals surface area contributed by atoms with Gasteiger partial charge in [-0.15, -0.1) is 24.8 Å². The summed E-state index contributed by atoms with van der Waals surface area (Å²) in [6.45, 7) is 4.72. The van der Waals surface area contributed by atoms with Crippen molar-refractivity contribution in [1.29, 1.82) is 0 Å². The summed E-state index contributed by atoms with van der Waals surface area (Å²) in [5.41, 5.74) is 0.799. The molecule has 2 heterocycles. The molecule has 3 rings (SSSR count). The molecule has 0 radical (unpaired) electrons. The molecule has 6 nitrogen and oxygen atoms in total. The SMILES string of the molecule is CC(CC(=O)Nc1ccc(OCc2nccn2C)cc1)C1CCCNC1.Cl.Cl. The van der Waals surface area contributed by atoms with Crippen molar-refractivity contribution >= 4 is 36.4 Å². The number of halogens is 2. The van der Waals surface area contributed by atoms with Crippen molar-refractivity contribution in [3.8, 4) is 5.75 Å². The Bertz CT molecular complexity index is 715. The lowest BCUT2D eigenvalue weighted by Gasteiger charge is -2.28. The average Bonchev–Trinajstić information content (AvgIpc) is 3.06. The van der Waals surface area contributed by atoms with Crippen molar-refractivity contribution in [3.05, 3.63) is 42.5 Å². The van der Waals surface area contributed by atoms with Gasteiger partial charge in [0.15, 0.2) is 0 Å². The number of imidazole rings is 1. The molecule has 0 aliphatic carbocycles. The molecule has 0 spiro atoms. The maximum absolute atomic E-state index is 12.3. The van der Waals surface area contributed by atoms with Crippen LogP contribution in [-0.2, 0) is 18.4 Å². The third-order valence-corrected chi connectivity index (χ3v) is 5.07. The molecule has 0 saturated carbocycles. The summed E-state index contributed by atoms with van der Waals surface area (Å²) in [4.78, 5) is 16.5. The number of aryl methyl sites for hydroxylation is 1. The van der Waals surface area contributed by atoms with Gasteiger partial charge in [0.25, 0.3) is 0 Å². The molecular formula is C20H30Cl2N4O2. The Morgan fingerprint density at radius 3 is 2.71 bits per heavy atom. The normalized spacial score (nSPS) is 17.0. The van der Waals surface area contributed by atoms with Gasteiger partial charge in [0.1, 0.15) is 18.2 Å². The van der Waals surface area contributed by atoms with Crippen molar-refractivity contribution in [2.75, 3.05) is 18.4 Å². The van der Waals surface area contributed by atoms with E-state index < -0.39 is 0 Å². The number of hydrogen-bond donors (Lipinski definition) is 2. The highest BCUT2D eigenvalue weighted by Gasteiger charge is 2.22. The summed E-state index contributed by atoms with van der Waals surface area (Å²) in [5, 5.41) is 6.41. The van der Waals surface area contributed by atoms with Gasteiger partial charge >= 0.3 is 0 Å². The van der Waals surface area contributed by atoms with Crippen molar-refractivity contribution in [2.24, 2.45) is 18.9 Å². The number of amides is 1. The van der Waals surface area contributed by atoms with Gasteiger partial charge in [-0.05, 0) is 62.0 Å². The smallest absolute Gasteiger partial charge is 0.224 e. The predicted molar refractivity (Wildman–Crippen MR) is 116 cm³/mol. The van der Waals surface area contributed by atoms with Gasteiger partial charge in [0, 0.05) is 31.5 Å². The molecule has 2 unspecified atom stereocenters. The lowest BCUT2D eigenvalue weighted by Crippen LogP contribution is -2.34. The van der Waals surface area contributed by atoms with Gasteiger partial charge in [-0.1, -0.05) is 6.92 Å². The van der Waals surface area contributed by atoms with Gasteiger partial charge in [0.2, 0.25) is 5.91 Å². The molecule has 1 aliphatic rings. The predicted octanol–water partition coefficient (Wildman–Crippen LogP) is 3.81. The Morgan fingerprint density at radius 1 is 1.36 bits per heavy atom. The van der Waals surface area contributed by atoms with Gasteiger partial charge in [0.05, 0.1) is 0 Å². The zero-order chi connectivity index (χ0) is 18.4. The highest BCUT2D eigenvalue weighted by Crippen LogP contribution is 2.23. The van der Waals surface area contributed by atoms with Crippen LogP contribution in [0.5, 0.6) is 5.75 Å². The summed E-state index contributed by atoms with van der Waals surface area (Å²) < 4.78 is 7.66. The quantitative estimate of drug-likeness (QED) is 0.703. The van der Waals surface area contributed by atoms with Crippen LogP contribution in [0.2, 0.25) is 0 Å². The molecule has 2 aromatic rings. The summed E-state index contributed by atoms with van der Waals surface area (Å²) >= 11 is 0. The lowest BCUT2D eigenvalue weighted by atomic mass is 9.85. The van der Waals surface area contributed by atoms with Gasteiger partial charge in [-0.3, -0.25) is 4.79 Å². The molecule has 2 N–H and O–H groups in total. The molecule has 0 bridgehead atoms. The van der Waals surface area contributed by atoms with E-state index in [2.05, 4.69) is 22.5 Å². The summed E-state index contributed by atoms with van der Waals surface area (Å²) in [6, 6.07) is 7.48. The molecule has 1 saturated heterocycles. The standard InChI is InChI=1S/C20H28N4O2.2ClH/c1-15(16-4-3-9-21-13-16)12-20(25)23-17-5-7-18(8-6-17)26-14-19-22-10-11-24(19)2;;/h5-8,10-11,15-16,21H,3-4,9,12-14H2,1-2H3,(H,23,25);2*1H. The minimum atomic E-state index is 0. The van der Waals surface area contributed by atoms with E-state index in [1.165, 1.54) is 12.8 Å². The highest BCUT2D eigenvalue weighted by atomic mass is 35.5. The van der Waals surface area contributed by atoms with Crippen molar-refractivity contribution in [1.82, 2.24) is 14.9 Å². The van der Waals surface area contributed by atoms with Crippen LogP contribution >= 0.6 is 24.8 Å². The molecule has 156 valence electrons. The van der Waals surface area contributed by atoms with E-state index >= 15 is 0 Å². The first kappa shape index (κ1) is 24.3. The molecule has 28 heavy (non-hydrogen) atoms. The zero-order valence-electron chi connectivity index (χ0n) is 16.4. The second-order valence-corrected chi connectivity index (χ2v) is 7.10. The van der Waals surface area contributed by atoms with E-state index in [9.17, 15) is 4.79 Å². The van der Waals surface area contributed by atoms with Crippen LogP contribution in [0.25, 0.3) is 0 Å². The van der Waals surface area contributed by atoms with Gasteiger partial charge in [-0.25, -0.2) is 4.98 Å². The van der Waals surface area contributed by atoms with Crippen molar-refractivity contribution in [2.45, 2.75) is 32.8 Å². The van der Waals surface area contributed by atoms with Crippen LogP contribution in [0.4, 0.5) is 5.69 Å². The third-order valence-electron chi connectivity index (χ3n) is 5.07. The minimum absolute atomic E-state index is 0. The number of piperidine rings is 1. The molecule has 1 fully saturated rings. The Kier molecular flexibility index (Phi) is 10.4. The molecule has 1 amide bonds. The number of benzene rings is 1. The van der Waals surface area contributed by atoms with Crippen LogP contribution in [0.15, 0.2) is 36.7 Å². The molecule has 2 atom stereocenters. The number of ether oxygens (including phenoxy) is 1. The summed E-state index contributed by atoms with van der Waals surface area (Å²) in [5.74, 6) is 2.69. The third kappa shape index (κ3) is 7.00. The number of nitrogens with zero attached hydrogens (tertiary/aromatic N) is 2. The number of hydrogen-bond acceptors (Lipinski definition) is 4. The highest BCUT2D eigenvalue weighted by molar-refractivity contribution is 5.90. The maximum atomic E-state index is 12.3. The van der Waals surface area contributed by atoms with E-state index in [4.69, 9.17) is 4.74 Å². The topological polar surface area (TPSA) is 68.2 Å². The number of carbonyl (C=O) groups is 1. The van der Waals surface area contributed by atoms with Crippen LogP contribution < -0.4 is 15.4 Å². The first-order valence-electron chi connectivity index (χ1n) is 9.31. The Labute approximate surface area is 179 Å². The molecule has 8 heteroatoms. The first-order chi connectivity index (χ1) is 12.6. The Hall–Kier alpha value is -1.76. The number of nitrogens with one attached hydrogen (secondary N) is 2. The molecule has 1 aliphatic heterocycles.